The highest BCUT2D eigenvalue weighted by atomic mass is 15.2. The van der Waals surface area contributed by atoms with Crippen LogP contribution in [0.4, 0.5) is 5.69 Å². The first-order valence-electron chi connectivity index (χ1n) is 5.73. The maximum Gasteiger partial charge on any atom is 0.101 e. The van der Waals surface area contributed by atoms with Crippen LogP contribution in [0, 0.1) is 17.2 Å². The zero-order valence-corrected chi connectivity index (χ0v) is 9.56. The highest BCUT2D eigenvalue weighted by molar-refractivity contribution is 5.60. The van der Waals surface area contributed by atoms with Gasteiger partial charge in [-0.15, -0.1) is 0 Å². The molecule has 0 spiro atoms. The normalized spacial score (nSPS) is 24.4. The maximum absolute atomic E-state index is 9.09. The van der Waals surface area contributed by atoms with E-state index in [4.69, 9.17) is 11.0 Å². The molecule has 1 aliphatic rings. The van der Waals surface area contributed by atoms with E-state index in [0.29, 0.717) is 12.0 Å². The first-order valence-corrected chi connectivity index (χ1v) is 5.73. The molecule has 0 bridgehead atoms. The van der Waals surface area contributed by atoms with Gasteiger partial charge in [0.15, 0.2) is 0 Å². The topological polar surface area (TPSA) is 53.0 Å². The Bertz CT molecular complexity index is 408. The second-order valence-corrected chi connectivity index (χ2v) is 4.35. The Labute approximate surface area is 96.5 Å². The molecular weight excluding hydrogens is 198 g/mol. The standard InChI is InChI=1S/C13H17N3/c1-10-11(8-14)6-7-16(10)13-5-3-2-4-12(13)9-15/h2-5,10-11H,6-8,14H2,1H3. The van der Waals surface area contributed by atoms with Crippen molar-refractivity contribution in [1.29, 1.82) is 5.26 Å². The van der Waals surface area contributed by atoms with E-state index in [-0.39, 0.29) is 0 Å². The van der Waals surface area contributed by atoms with Gasteiger partial charge in [0.2, 0.25) is 0 Å². The van der Waals surface area contributed by atoms with Gasteiger partial charge in [-0.3, -0.25) is 0 Å². The third-order valence-corrected chi connectivity index (χ3v) is 3.55. The number of para-hydroxylation sites is 1. The van der Waals surface area contributed by atoms with Gasteiger partial charge in [0.05, 0.1) is 11.3 Å². The number of rotatable bonds is 2. The number of hydrogen-bond acceptors (Lipinski definition) is 3. The number of nitrogens with two attached hydrogens (primary N) is 1. The molecule has 84 valence electrons. The summed E-state index contributed by atoms with van der Waals surface area (Å²) in [7, 11) is 0. The van der Waals surface area contributed by atoms with E-state index in [1.54, 1.807) is 0 Å². The van der Waals surface area contributed by atoms with Crippen molar-refractivity contribution in [3.8, 4) is 6.07 Å². The molecule has 3 nitrogen and oxygen atoms in total. The number of nitrogens with zero attached hydrogens (tertiary/aromatic N) is 2. The summed E-state index contributed by atoms with van der Waals surface area (Å²) < 4.78 is 0. The molecule has 0 aromatic heterocycles. The number of anilines is 1. The lowest BCUT2D eigenvalue weighted by molar-refractivity contribution is 0.508. The van der Waals surface area contributed by atoms with Crippen LogP contribution in [0.3, 0.4) is 0 Å². The molecule has 0 radical (unpaired) electrons. The van der Waals surface area contributed by atoms with E-state index < -0.39 is 0 Å². The van der Waals surface area contributed by atoms with Crippen molar-refractivity contribution in [2.75, 3.05) is 18.0 Å². The molecule has 2 N–H and O–H groups in total. The monoisotopic (exact) mass is 215 g/mol. The van der Waals surface area contributed by atoms with Crippen molar-refractivity contribution in [1.82, 2.24) is 0 Å². The van der Waals surface area contributed by atoms with Gasteiger partial charge < -0.3 is 10.6 Å². The van der Waals surface area contributed by atoms with Crippen LogP contribution in [0.2, 0.25) is 0 Å². The van der Waals surface area contributed by atoms with E-state index in [1.165, 1.54) is 0 Å². The minimum atomic E-state index is 0.430. The van der Waals surface area contributed by atoms with E-state index in [2.05, 4.69) is 17.9 Å². The summed E-state index contributed by atoms with van der Waals surface area (Å²) in [6.07, 6.45) is 1.12. The SMILES string of the molecule is CC1C(CN)CCN1c1ccccc1C#N. The molecule has 16 heavy (non-hydrogen) atoms. The Morgan fingerprint density at radius 2 is 2.25 bits per heavy atom. The zero-order valence-electron chi connectivity index (χ0n) is 9.56. The molecule has 0 aliphatic carbocycles. The number of hydrogen-bond donors (Lipinski definition) is 1. The van der Waals surface area contributed by atoms with Gasteiger partial charge >= 0.3 is 0 Å². The second kappa shape index (κ2) is 4.54. The summed E-state index contributed by atoms with van der Waals surface area (Å²) in [6.45, 7) is 3.92. The van der Waals surface area contributed by atoms with Crippen LogP contribution in [-0.2, 0) is 0 Å². The summed E-state index contributed by atoms with van der Waals surface area (Å²) in [4.78, 5) is 2.30. The highest BCUT2D eigenvalue weighted by Crippen LogP contribution is 2.31. The fourth-order valence-corrected chi connectivity index (χ4v) is 2.48. The van der Waals surface area contributed by atoms with Crippen molar-refractivity contribution in [2.45, 2.75) is 19.4 Å². The lowest BCUT2D eigenvalue weighted by Gasteiger charge is -2.27. The molecule has 2 atom stereocenters. The van der Waals surface area contributed by atoms with Crippen molar-refractivity contribution in [3.63, 3.8) is 0 Å². The van der Waals surface area contributed by atoms with Crippen molar-refractivity contribution in [2.24, 2.45) is 11.7 Å². The first-order chi connectivity index (χ1) is 7.77. The van der Waals surface area contributed by atoms with Gasteiger partial charge in [0.1, 0.15) is 6.07 Å². The molecule has 1 saturated heterocycles. The third kappa shape index (κ3) is 1.77. The largest absolute Gasteiger partial charge is 0.367 e. The average Bonchev–Trinajstić information content (AvgIpc) is 2.70. The summed E-state index contributed by atoms with van der Waals surface area (Å²) >= 11 is 0. The van der Waals surface area contributed by atoms with Gasteiger partial charge in [0, 0.05) is 12.6 Å². The van der Waals surface area contributed by atoms with Gasteiger partial charge in [-0.2, -0.15) is 5.26 Å². The van der Waals surface area contributed by atoms with Crippen LogP contribution in [-0.4, -0.2) is 19.1 Å². The number of nitriles is 1. The van der Waals surface area contributed by atoms with Crippen LogP contribution in [0.5, 0.6) is 0 Å². The lowest BCUT2D eigenvalue weighted by atomic mass is 10.0. The molecule has 1 aromatic carbocycles. The predicted octanol–water partition coefficient (Wildman–Crippen LogP) is 1.73. The zero-order chi connectivity index (χ0) is 11.5. The molecule has 3 heteroatoms. The Morgan fingerprint density at radius 3 is 2.88 bits per heavy atom. The van der Waals surface area contributed by atoms with E-state index in [0.717, 1.165) is 30.8 Å². The minimum Gasteiger partial charge on any atom is -0.367 e. The Morgan fingerprint density at radius 1 is 1.50 bits per heavy atom. The fourth-order valence-electron chi connectivity index (χ4n) is 2.48. The quantitative estimate of drug-likeness (QED) is 0.817. The van der Waals surface area contributed by atoms with Gasteiger partial charge in [-0.1, -0.05) is 12.1 Å². The van der Waals surface area contributed by atoms with Gasteiger partial charge in [-0.25, -0.2) is 0 Å². The minimum absolute atomic E-state index is 0.430. The Balaban J connectivity index is 2.29. The summed E-state index contributed by atoms with van der Waals surface area (Å²) in [5, 5.41) is 9.09. The Kier molecular flexibility index (Phi) is 3.12. The van der Waals surface area contributed by atoms with Crippen LogP contribution in [0.25, 0.3) is 0 Å². The first kappa shape index (κ1) is 11.0. The van der Waals surface area contributed by atoms with Crippen LogP contribution in [0.15, 0.2) is 24.3 Å². The fraction of sp³-hybridized carbons (Fsp3) is 0.462. The predicted molar refractivity (Wildman–Crippen MR) is 65.1 cm³/mol. The maximum atomic E-state index is 9.09. The van der Waals surface area contributed by atoms with E-state index in [1.807, 2.05) is 24.3 Å². The van der Waals surface area contributed by atoms with Gasteiger partial charge in [-0.05, 0) is 37.9 Å². The van der Waals surface area contributed by atoms with Crippen molar-refractivity contribution >= 4 is 5.69 Å². The smallest absolute Gasteiger partial charge is 0.101 e. The van der Waals surface area contributed by atoms with E-state index in [9.17, 15) is 0 Å². The molecule has 2 unspecified atom stereocenters. The van der Waals surface area contributed by atoms with E-state index >= 15 is 0 Å². The van der Waals surface area contributed by atoms with Crippen LogP contribution < -0.4 is 10.6 Å². The molecule has 0 saturated carbocycles. The van der Waals surface area contributed by atoms with Crippen LogP contribution >= 0.6 is 0 Å². The summed E-state index contributed by atoms with van der Waals surface area (Å²) in [6, 6.07) is 10.5. The van der Waals surface area contributed by atoms with Gasteiger partial charge in [0.25, 0.3) is 0 Å². The number of benzene rings is 1. The third-order valence-electron chi connectivity index (χ3n) is 3.55. The van der Waals surface area contributed by atoms with Crippen molar-refractivity contribution in [3.05, 3.63) is 29.8 Å². The molecule has 2 rings (SSSR count). The molecule has 1 fully saturated rings. The van der Waals surface area contributed by atoms with Crippen molar-refractivity contribution < 1.29 is 0 Å². The summed E-state index contributed by atoms with van der Waals surface area (Å²) in [5.41, 5.74) is 7.55. The molecule has 0 amide bonds. The highest BCUT2D eigenvalue weighted by Gasteiger charge is 2.30. The molecule has 1 heterocycles. The second-order valence-electron chi connectivity index (χ2n) is 4.35. The molecule has 1 aliphatic heterocycles. The summed E-state index contributed by atoms with van der Waals surface area (Å²) in [5.74, 6) is 0.548. The molecular formula is C13H17N3. The average molecular weight is 215 g/mol. The van der Waals surface area contributed by atoms with Crippen LogP contribution in [0.1, 0.15) is 18.9 Å². The molecule has 1 aromatic rings. The lowest BCUT2D eigenvalue weighted by Crippen LogP contribution is -2.33. The Hall–Kier alpha value is -1.53.